The molecule has 152 valence electrons. The first-order valence-electron chi connectivity index (χ1n) is 9.40. The van der Waals surface area contributed by atoms with Crippen molar-refractivity contribution in [1.29, 1.82) is 0 Å². The summed E-state index contributed by atoms with van der Waals surface area (Å²) < 4.78 is 37.4. The van der Waals surface area contributed by atoms with Gasteiger partial charge in [-0.25, -0.2) is 0 Å². The Labute approximate surface area is 159 Å². The van der Waals surface area contributed by atoms with E-state index in [0.29, 0.717) is 25.5 Å². The van der Waals surface area contributed by atoms with Crippen LogP contribution in [0.2, 0.25) is 0 Å². The van der Waals surface area contributed by atoms with Crippen molar-refractivity contribution in [2.24, 2.45) is 4.99 Å². The largest absolute Gasteiger partial charge is 0.401 e. The van der Waals surface area contributed by atoms with E-state index in [4.69, 9.17) is 0 Å². The summed E-state index contributed by atoms with van der Waals surface area (Å²) in [5.74, 6) is 0.658. The number of halogens is 3. The van der Waals surface area contributed by atoms with Crippen LogP contribution in [0.1, 0.15) is 19.3 Å². The second kappa shape index (κ2) is 10.4. The van der Waals surface area contributed by atoms with Gasteiger partial charge in [-0.05, 0) is 31.4 Å². The molecular weight excluding hydrogens is 355 g/mol. The van der Waals surface area contributed by atoms with Crippen molar-refractivity contribution < 1.29 is 13.2 Å². The van der Waals surface area contributed by atoms with Crippen LogP contribution in [0.25, 0.3) is 0 Å². The zero-order valence-corrected chi connectivity index (χ0v) is 16.1. The Hall–Kier alpha value is -1.96. The van der Waals surface area contributed by atoms with Crippen LogP contribution in [0.15, 0.2) is 35.3 Å². The lowest BCUT2D eigenvalue weighted by Gasteiger charge is -2.20. The fraction of sp³-hybridized carbons (Fsp3) is 0.632. The molecular formula is C19H30F3N5. The van der Waals surface area contributed by atoms with Crippen molar-refractivity contribution in [2.75, 3.05) is 51.7 Å². The minimum Gasteiger partial charge on any atom is -0.375 e. The highest BCUT2D eigenvalue weighted by molar-refractivity contribution is 5.79. The first-order chi connectivity index (χ1) is 12.9. The highest BCUT2D eigenvalue weighted by atomic mass is 19.4. The number of benzene rings is 1. The fourth-order valence-electron chi connectivity index (χ4n) is 3.23. The van der Waals surface area contributed by atoms with E-state index >= 15 is 0 Å². The van der Waals surface area contributed by atoms with Gasteiger partial charge in [-0.1, -0.05) is 18.2 Å². The van der Waals surface area contributed by atoms with Gasteiger partial charge in [-0.3, -0.25) is 9.89 Å². The fourth-order valence-corrected chi connectivity index (χ4v) is 3.23. The molecule has 2 N–H and O–H groups in total. The molecule has 27 heavy (non-hydrogen) atoms. The van der Waals surface area contributed by atoms with E-state index in [-0.39, 0.29) is 6.04 Å². The molecule has 8 heteroatoms. The third-order valence-electron chi connectivity index (χ3n) is 4.65. The Balaban J connectivity index is 1.61. The molecule has 1 aromatic rings. The Morgan fingerprint density at radius 3 is 2.67 bits per heavy atom. The number of guanidine groups is 1. The Bertz CT molecular complexity index is 576. The van der Waals surface area contributed by atoms with Crippen molar-refractivity contribution in [1.82, 2.24) is 15.5 Å². The second-order valence-corrected chi connectivity index (χ2v) is 6.94. The lowest BCUT2D eigenvalue weighted by molar-refractivity contribution is -0.143. The monoisotopic (exact) mass is 385 g/mol. The van der Waals surface area contributed by atoms with Crippen LogP contribution in [0.4, 0.5) is 18.9 Å². The molecule has 1 atom stereocenters. The number of unbranched alkanes of at least 4 members (excludes halogenated alkanes) is 1. The molecule has 1 unspecified atom stereocenters. The molecule has 2 rings (SSSR count). The van der Waals surface area contributed by atoms with E-state index in [2.05, 4.69) is 39.7 Å². The first-order valence-corrected chi connectivity index (χ1v) is 9.40. The lowest BCUT2D eigenvalue weighted by Crippen LogP contribution is -2.45. The molecule has 0 aromatic heterocycles. The number of hydrogen-bond acceptors (Lipinski definition) is 3. The zero-order chi connectivity index (χ0) is 19.7. The van der Waals surface area contributed by atoms with Crippen molar-refractivity contribution in [2.45, 2.75) is 31.5 Å². The molecule has 0 amide bonds. The summed E-state index contributed by atoms with van der Waals surface area (Å²) in [7, 11) is 3.76. The van der Waals surface area contributed by atoms with Gasteiger partial charge in [-0.15, -0.1) is 0 Å². The number of nitrogens with zero attached hydrogens (tertiary/aromatic N) is 3. The maximum absolute atomic E-state index is 12.5. The predicted octanol–water partition coefficient (Wildman–Crippen LogP) is 2.70. The number of aliphatic imine (C=N–C) groups is 1. The summed E-state index contributed by atoms with van der Waals surface area (Å²) in [5, 5.41) is 6.48. The van der Waals surface area contributed by atoms with Gasteiger partial charge < -0.3 is 15.5 Å². The number of alkyl halides is 3. The smallest absolute Gasteiger partial charge is 0.375 e. The average molecular weight is 385 g/mol. The number of likely N-dealkylation sites (tertiary alicyclic amines) is 1. The number of rotatable bonds is 8. The second-order valence-electron chi connectivity index (χ2n) is 6.94. The maximum Gasteiger partial charge on any atom is 0.401 e. The third-order valence-corrected chi connectivity index (χ3v) is 4.65. The standard InChI is InChI=1S/C19H30F3N5/c1-23-18(25-16-10-13-27(14-16)15-19(20,21)22)24-11-6-7-12-26(2)17-8-4-3-5-9-17/h3-5,8-9,16H,6-7,10-15H2,1-2H3,(H2,23,24,25). The molecule has 0 spiro atoms. The van der Waals surface area contributed by atoms with Crippen LogP contribution in [-0.4, -0.2) is 69.9 Å². The molecule has 1 aliphatic heterocycles. The van der Waals surface area contributed by atoms with Crippen LogP contribution >= 0.6 is 0 Å². The Morgan fingerprint density at radius 1 is 1.26 bits per heavy atom. The highest BCUT2D eigenvalue weighted by Crippen LogP contribution is 2.19. The molecule has 1 fully saturated rings. The molecule has 0 aliphatic carbocycles. The average Bonchev–Trinajstić information content (AvgIpc) is 3.05. The molecule has 0 saturated carbocycles. The van der Waals surface area contributed by atoms with Crippen molar-refractivity contribution in [3.63, 3.8) is 0 Å². The molecule has 1 aliphatic rings. The van der Waals surface area contributed by atoms with Gasteiger partial charge in [0.05, 0.1) is 6.54 Å². The third kappa shape index (κ3) is 8.07. The molecule has 5 nitrogen and oxygen atoms in total. The van der Waals surface area contributed by atoms with Crippen LogP contribution in [0.3, 0.4) is 0 Å². The maximum atomic E-state index is 12.5. The lowest BCUT2D eigenvalue weighted by atomic mass is 10.2. The Kier molecular flexibility index (Phi) is 8.22. The highest BCUT2D eigenvalue weighted by Gasteiger charge is 2.34. The van der Waals surface area contributed by atoms with Gasteiger partial charge in [0, 0.05) is 52.0 Å². The molecule has 0 bridgehead atoms. The van der Waals surface area contributed by atoms with Gasteiger partial charge in [0.25, 0.3) is 0 Å². The minimum absolute atomic E-state index is 0.00256. The summed E-state index contributed by atoms with van der Waals surface area (Å²) in [6.07, 6.45) is -1.42. The van der Waals surface area contributed by atoms with Crippen LogP contribution in [0, 0.1) is 0 Å². The summed E-state index contributed by atoms with van der Waals surface area (Å²) in [4.78, 5) is 7.83. The summed E-state index contributed by atoms with van der Waals surface area (Å²) in [6.45, 7) is 1.75. The Morgan fingerprint density at radius 2 is 2.00 bits per heavy atom. The summed E-state index contributed by atoms with van der Waals surface area (Å²) >= 11 is 0. The summed E-state index contributed by atoms with van der Waals surface area (Å²) in [6, 6.07) is 10.3. The predicted molar refractivity (Wildman–Crippen MR) is 104 cm³/mol. The zero-order valence-electron chi connectivity index (χ0n) is 16.1. The van der Waals surface area contributed by atoms with Gasteiger partial charge >= 0.3 is 6.18 Å². The minimum atomic E-state index is -4.14. The van der Waals surface area contributed by atoms with E-state index in [0.717, 1.165) is 25.9 Å². The van der Waals surface area contributed by atoms with Crippen molar-refractivity contribution >= 4 is 11.6 Å². The topological polar surface area (TPSA) is 42.9 Å². The molecule has 1 saturated heterocycles. The van der Waals surface area contributed by atoms with E-state index in [9.17, 15) is 13.2 Å². The number of hydrogen-bond donors (Lipinski definition) is 2. The van der Waals surface area contributed by atoms with Crippen LogP contribution in [0.5, 0.6) is 0 Å². The van der Waals surface area contributed by atoms with Crippen LogP contribution in [-0.2, 0) is 0 Å². The number of anilines is 1. The number of nitrogens with one attached hydrogen (secondary N) is 2. The van der Waals surface area contributed by atoms with Crippen molar-refractivity contribution in [3.8, 4) is 0 Å². The van der Waals surface area contributed by atoms with E-state index in [1.165, 1.54) is 10.6 Å². The van der Waals surface area contributed by atoms with Gasteiger partial charge in [0.1, 0.15) is 0 Å². The van der Waals surface area contributed by atoms with E-state index < -0.39 is 12.7 Å². The SMILES string of the molecule is CN=C(NCCCCN(C)c1ccccc1)NC1CCN(CC(F)(F)F)C1. The van der Waals surface area contributed by atoms with E-state index in [1.807, 2.05) is 18.2 Å². The van der Waals surface area contributed by atoms with Crippen LogP contribution < -0.4 is 15.5 Å². The molecule has 1 heterocycles. The van der Waals surface area contributed by atoms with Crippen molar-refractivity contribution in [3.05, 3.63) is 30.3 Å². The van der Waals surface area contributed by atoms with Gasteiger partial charge in [-0.2, -0.15) is 13.2 Å². The first kappa shape index (κ1) is 21.3. The van der Waals surface area contributed by atoms with E-state index in [1.54, 1.807) is 7.05 Å². The quantitative estimate of drug-likeness (QED) is 0.410. The molecule has 0 radical (unpaired) electrons. The number of para-hydroxylation sites is 1. The normalized spacial score (nSPS) is 18.6. The van der Waals surface area contributed by atoms with Gasteiger partial charge in [0.2, 0.25) is 0 Å². The summed E-state index contributed by atoms with van der Waals surface area (Å²) in [5.41, 5.74) is 1.20. The van der Waals surface area contributed by atoms with Gasteiger partial charge in [0.15, 0.2) is 5.96 Å². The molecule has 1 aromatic carbocycles.